The molecule has 0 unspecified atom stereocenters. The van der Waals surface area contributed by atoms with Crippen LogP contribution in [0.3, 0.4) is 0 Å². The molecule has 7 heteroatoms. The van der Waals surface area contributed by atoms with Gasteiger partial charge in [0, 0.05) is 19.2 Å². The molecule has 27 heavy (non-hydrogen) atoms. The molecule has 3 rings (SSSR count). The molecule has 1 saturated carbocycles. The minimum atomic E-state index is -0.810. The van der Waals surface area contributed by atoms with Crippen molar-refractivity contribution >= 4 is 17.5 Å². The van der Waals surface area contributed by atoms with E-state index >= 15 is 0 Å². The monoisotopic (exact) mass is 389 g/mol. The number of nitrogens with zero attached hydrogens (tertiary/aromatic N) is 2. The van der Waals surface area contributed by atoms with Gasteiger partial charge in [0.25, 0.3) is 5.91 Å². The van der Waals surface area contributed by atoms with Crippen LogP contribution in [0.15, 0.2) is 30.5 Å². The number of carbonyl (C=O) groups is 1. The molecule has 0 spiro atoms. The van der Waals surface area contributed by atoms with Crippen LogP contribution in [0.25, 0.3) is 0 Å². The van der Waals surface area contributed by atoms with Crippen LogP contribution in [0.1, 0.15) is 53.7 Å². The molecule has 144 valence electrons. The summed E-state index contributed by atoms with van der Waals surface area (Å²) < 4.78 is 5.04. The number of benzene rings is 1. The maximum Gasteiger partial charge on any atom is 0.316 e. The number of ether oxygens (including phenoxy) is 1. The number of aliphatic hydroxyl groups is 1. The van der Waals surface area contributed by atoms with Crippen LogP contribution in [-0.4, -0.2) is 40.2 Å². The number of rotatable bonds is 6. The van der Waals surface area contributed by atoms with Crippen LogP contribution in [0, 0.1) is 0 Å². The zero-order chi connectivity index (χ0) is 19.3. The van der Waals surface area contributed by atoms with Crippen molar-refractivity contribution in [2.45, 2.75) is 44.1 Å². The lowest BCUT2D eigenvalue weighted by Gasteiger charge is -2.32. The zero-order valence-electron chi connectivity index (χ0n) is 15.4. The van der Waals surface area contributed by atoms with E-state index in [0.29, 0.717) is 23.0 Å². The summed E-state index contributed by atoms with van der Waals surface area (Å²) in [6, 6.07) is 7.44. The average Bonchev–Trinajstić information content (AvgIpc) is 2.68. The van der Waals surface area contributed by atoms with Gasteiger partial charge >= 0.3 is 6.01 Å². The number of nitrogens with one attached hydrogen (secondary N) is 1. The van der Waals surface area contributed by atoms with Crippen molar-refractivity contribution in [1.82, 2.24) is 15.3 Å². The molecule has 1 aromatic carbocycles. The molecule has 1 aliphatic rings. The summed E-state index contributed by atoms with van der Waals surface area (Å²) in [7, 11) is 1.52. The number of methoxy groups -OCH3 is 1. The molecule has 2 N–H and O–H groups in total. The van der Waals surface area contributed by atoms with E-state index in [4.69, 9.17) is 16.3 Å². The fourth-order valence-corrected chi connectivity index (χ4v) is 3.57. The molecule has 1 aliphatic carbocycles. The number of hydrogen-bond acceptors (Lipinski definition) is 5. The van der Waals surface area contributed by atoms with Gasteiger partial charge < -0.3 is 15.2 Å². The van der Waals surface area contributed by atoms with Crippen LogP contribution in [0.4, 0.5) is 0 Å². The SMILES string of the molecule is COc1nccc(Cc2ccc(Cl)c(C(=O)NCC3(O)CCCCC3)c2)n1. The highest BCUT2D eigenvalue weighted by Gasteiger charge is 2.29. The Labute approximate surface area is 163 Å². The minimum Gasteiger partial charge on any atom is -0.467 e. The van der Waals surface area contributed by atoms with Crippen molar-refractivity contribution in [1.29, 1.82) is 0 Å². The van der Waals surface area contributed by atoms with Crippen LogP contribution < -0.4 is 10.1 Å². The van der Waals surface area contributed by atoms with Gasteiger partial charge in [0.05, 0.1) is 29.0 Å². The quantitative estimate of drug-likeness (QED) is 0.792. The molecule has 0 atom stereocenters. The molecule has 1 amide bonds. The number of halogens is 1. The van der Waals surface area contributed by atoms with Crippen molar-refractivity contribution in [3.05, 3.63) is 52.3 Å². The lowest BCUT2D eigenvalue weighted by molar-refractivity contribution is 0.00526. The Bertz CT molecular complexity index is 807. The van der Waals surface area contributed by atoms with Crippen LogP contribution in [0.5, 0.6) is 6.01 Å². The molecule has 0 saturated heterocycles. The largest absolute Gasteiger partial charge is 0.467 e. The first kappa shape index (κ1) is 19.6. The molecular formula is C20H24ClN3O3. The van der Waals surface area contributed by atoms with Gasteiger partial charge in [-0.25, -0.2) is 4.98 Å². The summed E-state index contributed by atoms with van der Waals surface area (Å²) in [6.07, 6.45) is 6.72. The first-order chi connectivity index (χ1) is 13.0. The predicted molar refractivity (Wildman–Crippen MR) is 103 cm³/mol. The summed E-state index contributed by atoms with van der Waals surface area (Å²) in [4.78, 5) is 20.9. The summed E-state index contributed by atoms with van der Waals surface area (Å²) in [5.74, 6) is -0.277. The van der Waals surface area contributed by atoms with Crippen LogP contribution in [0.2, 0.25) is 5.02 Å². The van der Waals surface area contributed by atoms with E-state index in [9.17, 15) is 9.90 Å². The Morgan fingerprint density at radius 3 is 2.81 bits per heavy atom. The smallest absolute Gasteiger partial charge is 0.316 e. The Kier molecular flexibility index (Phi) is 6.29. The highest BCUT2D eigenvalue weighted by molar-refractivity contribution is 6.33. The highest BCUT2D eigenvalue weighted by atomic mass is 35.5. The van der Waals surface area contributed by atoms with Gasteiger partial charge in [-0.1, -0.05) is 36.9 Å². The molecule has 0 aliphatic heterocycles. The lowest BCUT2D eigenvalue weighted by atomic mass is 9.85. The number of aromatic nitrogens is 2. The zero-order valence-corrected chi connectivity index (χ0v) is 16.1. The fraction of sp³-hybridized carbons (Fsp3) is 0.450. The third kappa shape index (κ3) is 5.17. The van der Waals surface area contributed by atoms with Crippen molar-refractivity contribution < 1.29 is 14.6 Å². The Hall–Kier alpha value is -2.18. The van der Waals surface area contributed by atoms with Gasteiger partial charge in [0.2, 0.25) is 0 Å². The predicted octanol–water partition coefficient (Wildman–Crippen LogP) is 3.15. The van der Waals surface area contributed by atoms with E-state index in [1.54, 1.807) is 24.4 Å². The average molecular weight is 390 g/mol. The molecule has 1 fully saturated rings. The van der Waals surface area contributed by atoms with Crippen molar-refractivity contribution in [2.75, 3.05) is 13.7 Å². The Morgan fingerprint density at radius 2 is 2.07 bits per heavy atom. The normalized spacial score (nSPS) is 16.0. The Morgan fingerprint density at radius 1 is 1.30 bits per heavy atom. The van der Waals surface area contributed by atoms with Gasteiger partial charge in [-0.2, -0.15) is 4.98 Å². The first-order valence-electron chi connectivity index (χ1n) is 9.14. The topological polar surface area (TPSA) is 84.3 Å². The van der Waals surface area contributed by atoms with E-state index in [-0.39, 0.29) is 12.5 Å². The van der Waals surface area contributed by atoms with E-state index < -0.39 is 5.60 Å². The maximum atomic E-state index is 12.6. The number of carbonyl (C=O) groups excluding carboxylic acids is 1. The Balaban J connectivity index is 1.69. The van der Waals surface area contributed by atoms with E-state index in [1.807, 2.05) is 6.07 Å². The lowest BCUT2D eigenvalue weighted by Crippen LogP contribution is -2.44. The van der Waals surface area contributed by atoms with Gasteiger partial charge in [-0.3, -0.25) is 4.79 Å². The fourth-order valence-electron chi connectivity index (χ4n) is 3.37. The van der Waals surface area contributed by atoms with Crippen molar-refractivity contribution in [3.63, 3.8) is 0 Å². The van der Waals surface area contributed by atoms with Crippen LogP contribution in [-0.2, 0) is 6.42 Å². The molecular weight excluding hydrogens is 366 g/mol. The number of hydrogen-bond donors (Lipinski definition) is 2. The van der Waals surface area contributed by atoms with E-state index in [0.717, 1.165) is 43.4 Å². The molecule has 0 radical (unpaired) electrons. The maximum absolute atomic E-state index is 12.6. The highest BCUT2D eigenvalue weighted by Crippen LogP contribution is 2.27. The second kappa shape index (κ2) is 8.67. The summed E-state index contributed by atoms with van der Waals surface area (Å²) in [5, 5.41) is 13.8. The van der Waals surface area contributed by atoms with Gasteiger partial charge in [0.1, 0.15) is 0 Å². The third-order valence-corrected chi connectivity index (χ3v) is 5.23. The summed E-state index contributed by atoms with van der Waals surface area (Å²) in [6.45, 7) is 0.246. The van der Waals surface area contributed by atoms with Crippen molar-refractivity contribution in [3.8, 4) is 6.01 Å². The molecule has 2 aromatic rings. The molecule has 0 bridgehead atoms. The second-order valence-corrected chi connectivity index (χ2v) is 7.40. The van der Waals surface area contributed by atoms with Gasteiger partial charge in [-0.05, 0) is 36.6 Å². The molecule has 6 nitrogen and oxygen atoms in total. The van der Waals surface area contributed by atoms with Gasteiger partial charge in [0.15, 0.2) is 0 Å². The first-order valence-corrected chi connectivity index (χ1v) is 9.52. The molecule has 1 heterocycles. The van der Waals surface area contributed by atoms with Crippen LogP contribution >= 0.6 is 11.6 Å². The third-order valence-electron chi connectivity index (χ3n) is 4.90. The summed E-state index contributed by atoms with van der Waals surface area (Å²) in [5.41, 5.74) is 1.28. The minimum absolute atomic E-state index is 0.246. The van der Waals surface area contributed by atoms with E-state index in [2.05, 4.69) is 15.3 Å². The summed E-state index contributed by atoms with van der Waals surface area (Å²) >= 11 is 6.23. The van der Waals surface area contributed by atoms with Crippen molar-refractivity contribution in [2.24, 2.45) is 0 Å². The second-order valence-electron chi connectivity index (χ2n) is 6.99. The molecule has 1 aromatic heterocycles. The standard InChI is InChI=1S/C20H24ClN3O3/c1-27-19-22-10-7-15(24-19)11-14-5-6-17(21)16(12-14)18(25)23-13-20(26)8-3-2-4-9-20/h5-7,10,12,26H,2-4,8-9,11,13H2,1H3,(H,23,25). The van der Waals surface area contributed by atoms with Gasteiger partial charge in [-0.15, -0.1) is 0 Å². The number of amides is 1. The van der Waals surface area contributed by atoms with E-state index in [1.165, 1.54) is 7.11 Å².